The summed E-state index contributed by atoms with van der Waals surface area (Å²) in [5, 5.41) is 1.25. The fourth-order valence-corrected chi connectivity index (χ4v) is 2.44. The Morgan fingerprint density at radius 3 is 2.44 bits per heavy atom. The smallest absolute Gasteiger partial charge is 0.178 e. The second kappa shape index (κ2) is 6.71. The molecule has 4 heteroatoms. The van der Waals surface area contributed by atoms with Gasteiger partial charge in [0.05, 0.1) is 6.10 Å². The van der Waals surface area contributed by atoms with E-state index in [1.807, 2.05) is 24.3 Å². The predicted molar refractivity (Wildman–Crippen MR) is 73.7 cm³/mol. The summed E-state index contributed by atoms with van der Waals surface area (Å²) in [5.41, 5.74) is 0.897. The molecule has 3 nitrogen and oxygen atoms in total. The minimum atomic E-state index is -1.89. The van der Waals surface area contributed by atoms with Crippen LogP contribution in [0.2, 0.25) is 0 Å². The summed E-state index contributed by atoms with van der Waals surface area (Å²) < 4.78 is 25.0. The average molecular weight is 266 g/mol. The first-order valence-electron chi connectivity index (χ1n) is 6.28. The van der Waals surface area contributed by atoms with Crippen LogP contribution < -0.4 is 4.74 Å². The van der Waals surface area contributed by atoms with Crippen molar-refractivity contribution in [3.8, 4) is 5.75 Å². The van der Waals surface area contributed by atoms with Crippen molar-refractivity contribution in [3.63, 3.8) is 0 Å². The molecule has 0 saturated heterocycles. The van der Waals surface area contributed by atoms with E-state index in [4.69, 9.17) is 9.29 Å². The van der Waals surface area contributed by atoms with Crippen LogP contribution in [0.4, 0.5) is 0 Å². The van der Waals surface area contributed by atoms with Gasteiger partial charge in [-0.1, -0.05) is 18.6 Å². The summed E-state index contributed by atoms with van der Waals surface area (Å²) in [6.07, 6.45) is 8.10. The zero-order valence-corrected chi connectivity index (χ0v) is 11.1. The van der Waals surface area contributed by atoms with Crippen LogP contribution in [-0.4, -0.2) is 14.9 Å². The highest BCUT2D eigenvalue weighted by Crippen LogP contribution is 2.23. The SMILES string of the molecule is O=S(O)/C=C/c1ccc(OC2CCCCC2)cc1. The maximum absolute atomic E-state index is 10.5. The molecule has 1 aliphatic rings. The number of ether oxygens (including phenoxy) is 1. The molecule has 0 amide bonds. The quantitative estimate of drug-likeness (QED) is 0.847. The zero-order chi connectivity index (χ0) is 12.8. The molecule has 0 heterocycles. The van der Waals surface area contributed by atoms with Crippen molar-refractivity contribution in [1.82, 2.24) is 0 Å². The molecule has 1 aromatic carbocycles. The van der Waals surface area contributed by atoms with Crippen LogP contribution in [0, 0.1) is 0 Å². The first-order valence-corrected chi connectivity index (χ1v) is 7.45. The molecule has 0 aliphatic heterocycles. The van der Waals surface area contributed by atoms with Gasteiger partial charge in [0.25, 0.3) is 0 Å². The van der Waals surface area contributed by atoms with Crippen LogP contribution >= 0.6 is 0 Å². The lowest BCUT2D eigenvalue weighted by Gasteiger charge is -2.22. The van der Waals surface area contributed by atoms with Crippen molar-refractivity contribution >= 4 is 17.2 Å². The van der Waals surface area contributed by atoms with E-state index < -0.39 is 11.1 Å². The maximum atomic E-state index is 10.5. The summed E-state index contributed by atoms with van der Waals surface area (Å²) in [6.45, 7) is 0. The first kappa shape index (κ1) is 13.3. The minimum Gasteiger partial charge on any atom is -0.490 e. The Balaban J connectivity index is 1.92. The number of hydrogen-bond donors (Lipinski definition) is 1. The summed E-state index contributed by atoms with van der Waals surface area (Å²) in [4.78, 5) is 0. The molecule has 0 bridgehead atoms. The van der Waals surface area contributed by atoms with Crippen LogP contribution in [0.3, 0.4) is 0 Å². The third kappa shape index (κ3) is 4.27. The summed E-state index contributed by atoms with van der Waals surface area (Å²) in [6, 6.07) is 7.60. The molecule has 98 valence electrons. The fraction of sp³-hybridized carbons (Fsp3) is 0.429. The van der Waals surface area contributed by atoms with E-state index in [1.54, 1.807) is 6.08 Å². The molecule has 1 aliphatic carbocycles. The summed E-state index contributed by atoms with van der Waals surface area (Å²) in [7, 11) is 0. The maximum Gasteiger partial charge on any atom is 0.178 e. The largest absolute Gasteiger partial charge is 0.490 e. The van der Waals surface area contributed by atoms with E-state index in [2.05, 4.69) is 0 Å². The molecule has 1 aromatic rings. The van der Waals surface area contributed by atoms with E-state index in [9.17, 15) is 4.21 Å². The Kier molecular flexibility index (Phi) is 4.96. The highest BCUT2D eigenvalue weighted by molar-refractivity contribution is 7.82. The Bertz CT molecular complexity index is 419. The topological polar surface area (TPSA) is 46.5 Å². The molecule has 0 spiro atoms. The van der Waals surface area contributed by atoms with Crippen LogP contribution in [0.5, 0.6) is 5.75 Å². The lowest BCUT2D eigenvalue weighted by molar-refractivity contribution is 0.155. The van der Waals surface area contributed by atoms with Gasteiger partial charge in [-0.25, -0.2) is 4.21 Å². The van der Waals surface area contributed by atoms with Gasteiger partial charge in [-0.05, 0) is 49.5 Å². The third-order valence-corrected chi connectivity index (χ3v) is 3.48. The highest BCUT2D eigenvalue weighted by Gasteiger charge is 2.14. The van der Waals surface area contributed by atoms with Gasteiger partial charge in [-0.15, -0.1) is 0 Å². The van der Waals surface area contributed by atoms with Crippen LogP contribution in [0.1, 0.15) is 37.7 Å². The van der Waals surface area contributed by atoms with E-state index >= 15 is 0 Å². The van der Waals surface area contributed by atoms with Gasteiger partial charge < -0.3 is 9.29 Å². The second-order valence-electron chi connectivity index (χ2n) is 4.53. The minimum absolute atomic E-state index is 0.352. The Labute approximate surface area is 110 Å². The van der Waals surface area contributed by atoms with Crippen molar-refractivity contribution < 1.29 is 13.5 Å². The molecule has 2 rings (SSSR count). The normalized spacial score (nSPS) is 18.9. The van der Waals surface area contributed by atoms with Gasteiger partial charge in [0, 0.05) is 5.41 Å². The van der Waals surface area contributed by atoms with E-state index in [0.29, 0.717) is 6.10 Å². The van der Waals surface area contributed by atoms with Crippen LogP contribution in [0.25, 0.3) is 6.08 Å². The molecule has 0 radical (unpaired) electrons. The van der Waals surface area contributed by atoms with Gasteiger partial charge in [-0.2, -0.15) is 0 Å². The standard InChI is InChI=1S/C14H18O3S/c15-18(16)11-10-12-6-8-14(9-7-12)17-13-4-2-1-3-5-13/h6-11,13H,1-5H2,(H,15,16)/b11-10+. The fourth-order valence-electron chi connectivity index (χ4n) is 2.17. The molecule has 1 atom stereocenters. The first-order chi connectivity index (χ1) is 8.74. The Hall–Kier alpha value is -1.13. The average Bonchev–Trinajstić information content (AvgIpc) is 2.39. The number of rotatable bonds is 4. The van der Waals surface area contributed by atoms with E-state index in [1.165, 1.54) is 24.7 Å². The molecule has 1 fully saturated rings. The lowest BCUT2D eigenvalue weighted by atomic mass is 9.98. The third-order valence-electron chi connectivity index (χ3n) is 3.11. The van der Waals surface area contributed by atoms with Crippen LogP contribution in [-0.2, 0) is 11.1 Å². The van der Waals surface area contributed by atoms with Gasteiger partial charge in [0.15, 0.2) is 11.1 Å². The number of hydrogen-bond acceptors (Lipinski definition) is 2. The second-order valence-corrected chi connectivity index (χ2v) is 5.35. The molecular weight excluding hydrogens is 248 g/mol. The molecule has 0 aromatic heterocycles. The van der Waals surface area contributed by atoms with Crippen molar-refractivity contribution in [2.24, 2.45) is 0 Å². The molecule has 1 N–H and O–H groups in total. The molecule has 1 unspecified atom stereocenters. The van der Waals surface area contributed by atoms with Crippen molar-refractivity contribution in [3.05, 3.63) is 35.2 Å². The zero-order valence-electron chi connectivity index (χ0n) is 10.2. The number of benzene rings is 1. The molecular formula is C14H18O3S. The van der Waals surface area contributed by atoms with Crippen molar-refractivity contribution in [2.75, 3.05) is 0 Å². The van der Waals surface area contributed by atoms with Crippen LogP contribution in [0.15, 0.2) is 29.7 Å². The summed E-state index contributed by atoms with van der Waals surface area (Å²) >= 11 is -1.89. The van der Waals surface area contributed by atoms with Gasteiger partial charge in [0.1, 0.15) is 5.75 Å². The van der Waals surface area contributed by atoms with Gasteiger partial charge in [-0.3, -0.25) is 0 Å². The Morgan fingerprint density at radius 2 is 1.83 bits per heavy atom. The molecule has 18 heavy (non-hydrogen) atoms. The highest BCUT2D eigenvalue weighted by atomic mass is 32.2. The Morgan fingerprint density at radius 1 is 1.17 bits per heavy atom. The van der Waals surface area contributed by atoms with E-state index in [-0.39, 0.29) is 0 Å². The lowest BCUT2D eigenvalue weighted by Crippen LogP contribution is -2.19. The van der Waals surface area contributed by atoms with Crippen molar-refractivity contribution in [1.29, 1.82) is 0 Å². The van der Waals surface area contributed by atoms with Gasteiger partial charge >= 0.3 is 0 Å². The van der Waals surface area contributed by atoms with Crippen molar-refractivity contribution in [2.45, 2.75) is 38.2 Å². The molecule has 1 saturated carbocycles. The predicted octanol–water partition coefficient (Wildman–Crippen LogP) is 3.59. The van der Waals surface area contributed by atoms with Gasteiger partial charge in [0.2, 0.25) is 0 Å². The summed E-state index contributed by atoms with van der Waals surface area (Å²) in [5.74, 6) is 0.879. The van der Waals surface area contributed by atoms with E-state index in [0.717, 1.165) is 24.2 Å². The monoisotopic (exact) mass is 266 g/mol.